The summed E-state index contributed by atoms with van der Waals surface area (Å²) in [6, 6.07) is 11.7. The third kappa shape index (κ3) is 5.24. The number of nitrogens with one attached hydrogen (secondary N) is 1. The molecule has 0 heterocycles. The normalized spacial score (nSPS) is 11.2. The van der Waals surface area contributed by atoms with Crippen LogP contribution in [0.2, 0.25) is 0 Å². The second-order valence-electron chi connectivity index (χ2n) is 6.04. The molecule has 7 heteroatoms. The standard InChI is InChI=1S/C19H21NO5S/c1-13-5-8-16(9-6-13)26(23,24)20-11-19(22)25-12-18(21)17-10-14(2)4-7-15(17)3/h4-10,20H,11-12H2,1-3H3. The number of sulfonamides is 1. The highest BCUT2D eigenvalue weighted by Crippen LogP contribution is 2.12. The van der Waals surface area contributed by atoms with Gasteiger partial charge in [0.1, 0.15) is 6.54 Å². The van der Waals surface area contributed by atoms with E-state index in [0.717, 1.165) is 16.7 Å². The maximum Gasteiger partial charge on any atom is 0.321 e. The molecule has 1 N–H and O–H groups in total. The van der Waals surface area contributed by atoms with Gasteiger partial charge in [-0.25, -0.2) is 8.42 Å². The molecule has 0 aromatic heterocycles. The van der Waals surface area contributed by atoms with Crippen molar-refractivity contribution >= 4 is 21.8 Å². The van der Waals surface area contributed by atoms with Crippen LogP contribution in [0, 0.1) is 20.8 Å². The largest absolute Gasteiger partial charge is 0.456 e. The molecule has 0 aliphatic rings. The van der Waals surface area contributed by atoms with Gasteiger partial charge in [0.25, 0.3) is 0 Å². The minimum Gasteiger partial charge on any atom is -0.456 e. The lowest BCUT2D eigenvalue weighted by Crippen LogP contribution is -2.31. The molecule has 0 spiro atoms. The summed E-state index contributed by atoms with van der Waals surface area (Å²) >= 11 is 0. The third-order valence-corrected chi connectivity index (χ3v) is 5.21. The van der Waals surface area contributed by atoms with Crippen molar-refractivity contribution in [2.24, 2.45) is 0 Å². The number of hydrogen-bond donors (Lipinski definition) is 1. The zero-order valence-corrected chi connectivity index (χ0v) is 15.7. The summed E-state index contributed by atoms with van der Waals surface area (Å²) in [5, 5.41) is 0. The van der Waals surface area contributed by atoms with Crippen LogP contribution in [0.4, 0.5) is 0 Å². The minimum absolute atomic E-state index is 0.0577. The van der Waals surface area contributed by atoms with E-state index in [0.29, 0.717) is 5.56 Å². The molecule has 0 unspecified atom stereocenters. The number of ketones is 1. The Hall–Kier alpha value is -2.51. The molecule has 0 saturated carbocycles. The smallest absolute Gasteiger partial charge is 0.321 e. The van der Waals surface area contributed by atoms with Crippen molar-refractivity contribution in [1.82, 2.24) is 4.72 Å². The van der Waals surface area contributed by atoms with E-state index in [2.05, 4.69) is 4.72 Å². The molecular formula is C19H21NO5S. The first kappa shape index (κ1) is 19.8. The van der Waals surface area contributed by atoms with Crippen LogP contribution in [0.15, 0.2) is 47.4 Å². The van der Waals surface area contributed by atoms with Crippen molar-refractivity contribution in [2.45, 2.75) is 25.7 Å². The Kier molecular flexibility index (Phi) is 6.28. The molecule has 138 valence electrons. The van der Waals surface area contributed by atoms with Crippen LogP contribution in [0.1, 0.15) is 27.0 Å². The van der Waals surface area contributed by atoms with Crippen LogP contribution in [0.5, 0.6) is 0 Å². The Balaban J connectivity index is 1.90. The monoisotopic (exact) mass is 375 g/mol. The molecule has 0 amide bonds. The van der Waals surface area contributed by atoms with Gasteiger partial charge in [-0.2, -0.15) is 4.72 Å². The summed E-state index contributed by atoms with van der Waals surface area (Å²) in [7, 11) is -3.81. The van der Waals surface area contributed by atoms with Gasteiger partial charge in [-0.3, -0.25) is 9.59 Å². The van der Waals surface area contributed by atoms with Crippen LogP contribution in [-0.2, 0) is 19.6 Å². The summed E-state index contributed by atoms with van der Waals surface area (Å²) < 4.78 is 31.3. The number of Topliss-reactive ketones (excluding diaryl/α,β-unsaturated/α-hetero) is 1. The van der Waals surface area contributed by atoms with E-state index in [1.165, 1.54) is 12.1 Å². The first-order valence-corrected chi connectivity index (χ1v) is 9.50. The van der Waals surface area contributed by atoms with E-state index in [4.69, 9.17) is 4.74 Å². The summed E-state index contributed by atoms with van der Waals surface area (Å²) in [6.07, 6.45) is 0. The van der Waals surface area contributed by atoms with Crippen molar-refractivity contribution in [3.63, 3.8) is 0 Å². The summed E-state index contributed by atoms with van der Waals surface area (Å²) in [6.45, 7) is 4.52. The van der Waals surface area contributed by atoms with Gasteiger partial charge in [-0.1, -0.05) is 35.4 Å². The van der Waals surface area contributed by atoms with E-state index in [9.17, 15) is 18.0 Å². The van der Waals surface area contributed by atoms with Crippen LogP contribution < -0.4 is 4.72 Å². The number of aryl methyl sites for hydroxylation is 3. The molecule has 0 aliphatic heterocycles. The molecule has 2 aromatic rings. The number of ether oxygens (including phenoxy) is 1. The lowest BCUT2D eigenvalue weighted by Gasteiger charge is -2.09. The van der Waals surface area contributed by atoms with Crippen LogP contribution in [0.25, 0.3) is 0 Å². The van der Waals surface area contributed by atoms with Gasteiger partial charge >= 0.3 is 5.97 Å². The lowest BCUT2D eigenvalue weighted by atomic mass is 10.0. The lowest BCUT2D eigenvalue weighted by molar-refractivity contribution is -0.141. The molecule has 0 aliphatic carbocycles. The third-order valence-electron chi connectivity index (χ3n) is 3.80. The van der Waals surface area contributed by atoms with Crippen molar-refractivity contribution < 1.29 is 22.7 Å². The van der Waals surface area contributed by atoms with Gasteiger partial charge < -0.3 is 4.74 Å². The fraction of sp³-hybridized carbons (Fsp3) is 0.263. The average molecular weight is 375 g/mol. The Morgan fingerprint density at radius 1 is 0.962 bits per heavy atom. The predicted molar refractivity (Wildman–Crippen MR) is 97.6 cm³/mol. The number of benzene rings is 2. The zero-order chi connectivity index (χ0) is 19.3. The first-order chi connectivity index (χ1) is 12.2. The Morgan fingerprint density at radius 3 is 2.23 bits per heavy atom. The average Bonchev–Trinajstić information content (AvgIpc) is 2.60. The van der Waals surface area contributed by atoms with Gasteiger partial charge in [-0.15, -0.1) is 0 Å². The van der Waals surface area contributed by atoms with E-state index in [1.807, 2.05) is 26.0 Å². The molecule has 0 fully saturated rings. The second kappa shape index (κ2) is 8.25. The van der Waals surface area contributed by atoms with Gasteiger partial charge in [-0.05, 0) is 44.5 Å². The molecule has 2 rings (SSSR count). The molecule has 2 aromatic carbocycles. The van der Waals surface area contributed by atoms with Crippen LogP contribution in [-0.4, -0.2) is 33.3 Å². The molecular weight excluding hydrogens is 354 g/mol. The van der Waals surface area contributed by atoms with E-state index < -0.39 is 29.1 Å². The molecule has 0 atom stereocenters. The number of carbonyl (C=O) groups is 2. The van der Waals surface area contributed by atoms with Crippen molar-refractivity contribution in [3.8, 4) is 0 Å². The fourth-order valence-electron chi connectivity index (χ4n) is 2.27. The summed E-state index contributed by atoms with van der Waals surface area (Å²) in [5.41, 5.74) is 3.12. The van der Waals surface area contributed by atoms with Crippen molar-refractivity contribution in [3.05, 3.63) is 64.7 Å². The fourth-order valence-corrected chi connectivity index (χ4v) is 3.23. The number of hydrogen-bond acceptors (Lipinski definition) is 5. The quantitative estimate of drug-likeness (QED) is 0.592. The second-order valence-corrected chi connectivity index (χ2v) is 7.81. The molecule has 0 saturated heterocycles. The van der Waals surface area contributed by atoms with Gasteiger partial charge in [0.05, 0.1) is 4.90 Å². The summed E-state index contributed by atoms with van der Waals surface area (Å²) in [5.74, 6) is -1.15. The maximum atomic E-state index is 12.2. The number of carbonyl (C=O) groups excluding carboxylic acids is 2. The van der Waals surface area contributed by atoms with Gasteiger partial charge in [0.2, 0.25) is 15.8 Å². The molecule has 0 radical (unpaired) electrons. The summed E-state index contributed by atoms with van der Waals surface area (Å²) in [4.78, 5) is 24.0. The molecule has 0 bridgehead atoms. The van der Waals surface area contributed by atoms with Crippen LogP contribution >= 0.6 is 0 Å². The highest BCUT2D eigenvalue weighted by atomic mass is 32.2. The van der Waals surface area contributed by atoms with E-state index >= 15 is 0 Å². The number of esters is 1. The predicted octanol–water partition coefficient (Wildman–Crippen LogP) is 2.32. The van der Waals surface area contributed by atoms with E-state index in [1.54, 1.807) is 25.1 Å². The van der Waals surface area contributed by atoms with Crippen molar-refractivity contribution in [2.75, 3.05) is 13.2 Å². The van der Waals surface area contributed by atoms with E-state index in [-0.39, 0.29) is 10.7 Å². The first-order valence-electron chi connectivity index (χ1n) is 8.01. The van der Waals surface area contributed by atoms with Crippen molar-refractivity contribution in [1.29, 1.82) is 0 Å². The Morgan fingerprint density at radius 2 is 1.58 bits per heavy atom. The Labute approximate surface area is 153 Å². The van der Waals surface area contributed by atoms with Gasteiger partial charge in [0, 0.05) is 5.56 Å². The highest BCUT2D eigenvalue weighted by Gasteiger charge is 2.17. The minimum atomic E-state index is -3.81. The Bertz CT molecular complexity index is 917. The number of rotatable bonds is 7. The van der Waals surface area contributed by atoms with Gasteiger partial charge in [0.15, 0.2) is 6.61 Å². The maximum absolute atomic E-state index is 12.2. The topological polar surface area (TPSA) is 89.5 Å². The van der Waals surface area contributed by atoms with Crippen LogP contribution in [0.3, 0.4) is 0 Å². The zero-order valence-electron chi connectivity index (χ0n) is 14.9. The SMILES string of the molecule is Cc1ccc(S(=O)(=O)NCC(=O)OCC(=O)c2cc(C)ccc2C)cc1. The molecule has 6 nitrogen and oxygen atoms in total. The molecule has 26 heavy (non-hydrogen) atoms. The highest BCUT2D eigenvalue weighted by molar-refractivity contribution is 7.89.